The average molecular weight is 504 g/mol. The topological polar surface area (TPSA) is 73.8 Å². The molecule has 1 amide bonds. The molecule has 1 saturated heterocycles. The van der Waals surface area contributed by atoms with Gasteiger partial charge in [0.1, 0.15) is 5.75 Å². The van der Waals surface area contributed by atoms with E-state index in [1.807, 2.05) is 24.3 Å². The number of para-hydroxylation sites is 1. The molecule has 9 heteroatoms. The van der Waals surface area contributed by atoms with Crippen LogP contribution in [0.15, 0.2) is 60.8 Å². The predicted molar refractivity (Wildman–Crippen MR) is 131 cm³/mol. The molecule has 0 bridgehead atoms. The van der Waals surface area contributed by atoms with Crippen LogP contribution in [0.25, 0.3) is 0 Å². The first-order chi connectivity index (χ1) is 17.1. The molecule has 1 aliphatic carbocycles. The zero-order valence-electron chi connectivity index (χ0n) is 20.3. The zero-order chi connectivity index (χ0) is 25.9. The molecule has 6 nitrogen and oxygen atoms in total. The van der Waals surface area contributed by atoms with Crippen molar-refractivity contribution in [2.45, 2.75) is 49.5 Å². The molecule has 0 aromatic heterocycles. The Kier molecular flexibility index (Phi) is 7.61. The van der Waals surface area contributed by atoms with E-state index in [1.165, 1.54) is 12.1 Å². The Balaban J connectivity index is 1.19. The average Bonchev–Trinajstić information content (AvgIpc) is 2.85. The quantitative estimate of drug-likeness (QED) is 0.507. The summed E-state index contributed by atoms with van der Waals surface area (Å²) in [7, 11) is 1.62. The molecule has 2 fully saturated rings. The number of likely N-dealkylation sites (tertiary alicyclic amines) is 1. The molecular weight excluding hydrogens is 471 g/mol. The van der Waals surface area contributed by atoms with Crippen molar-refractivity contribution in [2.24, 2.45) is 0 Å². The maximum atomic E-state index is 12.9. The summed E-state index contributed by atoms with van der Waals surface area (Å²) in [6, 6.07) is 12.6. The van der Waals surface area contributed by atoms with Gasteiger partial charge in [0.15, 0.2) is 0 Å². The minimum atomic E-state index is -4.50. The number of hydrogen-bond acceptors (Lipinski definition) is 5. The lowest BCUT2D eigenvalue weighted by Gasteiger charge is -2.48. The molecule has 0 unspecified atom stereocenters. The highest BCUT2D eigenvalue weighted by Gasteiger charge is 2.41. The van der Waals surface area contributed by atoms with E-state index in [0.717, 1.165) is 43.6 Å². The van der Waals surface area contributed by atoms with Crippen molar-refractivity contribution < 1.29 is 27.8 Å². The van der Waals surface area contributed by atoms with Gasteiger partial charge >= 0.3 is 6.18 Å². The first kappa shape index (κ1) is 26.0. The summed E-state index contributed by atoms with van der Waals surface area (Å²) in [6.45, 7) is 5.73. The summed E-state index contributed by atoms with van der Waals surface area (Å²) in [5.74, 6) is 0.134. The second-order valence-electron chi connectivity index (χ2n) is 9.62. The summed E-state index contributed by atoms with van der Waals surface area (Å²) in [5.41, 5.74) is -0.326. The number of carbonyl (C=O) groups excluding carboxylic acids is 1. The van der Waals surface area contributed by atoms with Gasteiger partial charge in [-0.1, -0.05) is 30.8 Å². The summed E-state index contributed by atoms with van der Waals surface area (Å²) in [6.07, 6.45) is -1.39. The fraction of sp³-hybridized carbons (Fsp3) is 0.444. The summed E-state index contributed by atoms with van der Waals surface area (Å²) in [5, 5.41) is 17.2. The largest absolute Gasteiger partial charge is 0.496 e. The molecule has 1 saturated carbocycles. The lowest BCUT2D eigenvalue weighted by atomic mass is 9.76. The van der Waals surface area contributed by atoms with Crippen molar-refractivity contribution in [3.05, 3.63) is 77.5 Å². The van der Waals surface area contributed by atoms with Crippen LogP contribution in [0.3, 0.4) is 0 Å². The van der Waals surface area contributed by atoms with E-state index in [2.05, 4.69) is 22.1 Å². The van der Waals surface area contributed by atoms with Gasteiger partial charge in [-0.25, -0.2) is 0 Å². The third kappa shape index (κ3) is 5.84. The molecule has 3 N–H and O–H groups in total. The van der Waals surface area contributed by atoms with Gasteiger partial charge in [-0.15, -0.1) is 0 Å². The Bertz CT molecular complexity index is 1090. The van der Waals surface area contributed by atoms with Gasteiger partial charge < -0.3 is 20.5 Å². The minimum Gasteiger partial charge on any atom is -0.496 e. The maximum absolute atomic E-state index is 12.9. The monoisotopic (exact) mass is 503 g/mol. The van der Waals surface area contributed by atoms with Crippen molar-refractivity contribution in [2.75, 3.05) is 26.7 Å². The second kappa shape index (κ2) is 10.5. The first-order valence-electron chi connectivity index (χ1n) is 12.1. The molecule has 1 aliphatic heterocycles. The van der Waals surface area contributed by atoms with Crippen molar-refractivity contribution in [3.8, 4) is 5.75 Å². The number of carbonyl (C=O) groups is 1. The second-order valence-corrected chi connectivity index (χ2v) is 9.62. The molecule has 0 radical (unpaired) electrons. The van der Waals surface area contributed by atoms with Crippen LogP contribution in [0, 0.1) is 0 Å². The SMILES string of the molecule is C=C(CNC(=O)c1cccc(C(F)(F)F)c1)NC1CN([C@H]2CC[C@@](O)(c3ccccc3OC)CC2)C1. The van der Waals surface area contributed by atoms with E-state index in [9.17, 15) is 23.1 Å². The van der Waals surface area contributed by atoms with Gasteiger partial charge in [-0.2, -0.15) is 13.2 Å². The number of nitrogens with zero attached hydrogens (tertiary/aromatic N) is 1. The van der Waals surface area contributed by atoms with E-state index in [0.29, 0.717) is 30.3 Å². The van der Waals surface area contributed by atoms with Crippen LogP contribution < -0.4 is 15.4 Å². The van der Waals surface area contributed by atoms with Crippen LogP contribution in [0.4, 0.5) is 13.2 Å². The van der Waals surface area contributed by atoms with Gasteiger partial charge in [0.25, 0.3) is 5.91 Å². The number of benzene rings is 2. The fourth-order valence-electron chi connectivity index (χ4n) is 5.11. The van der Waals surface area contributed by atoms with Crippen molar-refractivity contribution in [3.63, 3.8) is 0 Å². The Labute approximate surface area is 209 Å². The van der Waals surface area contributed by atoms with E-state index in [-0.39, 0.29) is 18.2 Å². The van der Waals surface area contributed by atoms with Crippen molar-refractivity contribution in [1.82, 2.24) is 15.5 Å². The number of halogens is 3. The first-order valence-corrected chi connectivity index (χ1v) is 12.1. The van der Waals surface area contributed by atoms with Gasteiger partial charge in [0.2, 0.25) is 0 Å². The van der Waals surface area contributed by atoms with Gasteiger partial charge in [0.05, 0.1) is 30.9 Å². The fourth-order valence-corrected chi connectivity index (χ4v) is 5.11. The van der Waals surface area contributed by atoms with E-state index in [1.54, 1.807) is 7.11 Å². The predicted octanol–water partition coefficient (Wildman–Crippen LogP) is 4.06. The molecule has 0 atom stereocenters. The van der Waals surface area contributed by atoms with Crippen molar-refractivity contribution in [1.29, 1.82) is 0 Å². The number of nitrogens with one attached hydrogen (secondary N) is 2. The molecule has 36 heavy (non-hydrogen) atoms. The minimum absolute atomic E-state index is 0.0437. The molecule has 4 rings (SSSR count). The van der Waals surface area contributed by atoms with Crippen LogP contribution in [0.1, 0.15) is 47.2 Å². The van der Waals surface area contributed by atoms with Crippen LogP contribution in [-0.2, 0) is 11.8 Å². The van der Waals surface area contributed by atoms with Gasteiger partial charge in [0, 0.05) is 36.0 Å². The molecule has 194 valence electrons. The number of aliphatic hydroxyl groups is 1. The van der Waals surface area contributed by atoms with E-state index >= 15 is 0 Å². The molecular formula is C27H32F3N3O3. The number of hydrogen-bond donors (Lipinski definition) is 3. The van der Waals surface area contributed by atoms with E-state index in [4.69, 9.17) is 4.74 Å². The number of rotatable bonds is 8. The molecule has 2 aromatic rings. The third-order valence-electron chi connectivity index (χ3n) is 7.14. The normalized spacial score (nSPS) is 23.0. The molecule has 1 heterocycles. The molecule has 2 aromatic carbocycles. The molecule has 2 aliphatic rings. The Morgan fingerprint density at radius 2 is 1.86 bits per heavy atom. The number of alkyl halides is 3. The lowest BCUT2D eigenvalue weighted by molar-refractivity contribution is -0.137. The highest BCUT2D eigenvalue weighted by molar-refractivity contribution is 5.94. The summed E-state index contributed by atoms with van der Waals surface area (Å²) < 4.78 is 44.1. The Morgan fingerprint density at radius 3 is 2.53 bits per heavy atom. The Morgan fingerprint density at radius 1 is 1.17 bits per heavy atom. The van der Waals surface area contributed by atoms with Crippen LogP contribution in [0.5, 0.6) is 5.75 Å². The summed E-state index contributed by atoms with van der Waals surface area (Å²) >= 11 is 0. The number of amides is 1. The van der Waals surface area contributed by atoms with E-state index < -0.39 is 23.2 Å². The van der Waals surface area contributed by atoms with Crippen molar-refractivity contribution >= 4 is 5.91 Å². The molecule has 0 spiro atoms. The highest BCUT2D eigenvalue weighted by Crippen LogP contribution is 2.42. The van der Waals surface area contributed by atoms with Crippen LogP contribution >= 0.6 is 0 Å². The maximum Gasteiger partial charge on any atom is 0.416 e. The highest BCUT2D eigenvalue weighted by atomic mass is 19.4. The van der Waals surface area contributed by atoms with Gasteiger partial charge in [-0.3, -0.25) is 9.69 Å². The lowest BCUT2D eigenvalue weighted by Crippen LogP contribution is -2.62. The third-order valence-corrected chi connectivity index (χ3v) is 7.14. The van der Waals surface area contributed by atoms with Gasteiger partial charge in [-0.05, 0) is 49.9 Å². The summed E-state index contributed by atoms with van der Waals surface area (Å²) in [4.78, 5) is 14.7. The van der Waals surface area contributed by atoms with Crippen LogP contribution in [-0.4, -0.2) is 54.7 Å². The smallest absolute Gasteiger partial charge is 0.416 e. The zero-order valence-corrected chi connectivity index (χ0v) is 20.3. The standard InChI is InChI=1S/C27H32F3N3O3/c1-18(15-31-25(34)19-6-5-7-20(14-19)27(28,29)30)32-21-16-33(17-21)22-10-12-26(35,13-11-22)23-8-3-4-9-24(23)36-2/h3-9,14,21-22,32,35H,1,10-13,15-17H2,2H3,(H,31,34)/t22-,26-. The number of ether oxygens (including phenoxy) is 1. The van der Waals surface area contributed by atoms with Crippen LogP contribution in [0.2, 0.25) is 0 Å². The Hall–Kier alpha value is -3.04. The number of methoxy groups -OCH3 is 1.